The van der Waals surface area contributed by atoms with Crippen LogP contribution in [-0.4, -0.2) is 29.9 Å². The molecule has 1 amide bonds. The molecule has 0 aromatic rings. The minimum atomic E-state index is -0.364. The van der Waals surface area contributed by atoms with E-state index in [0.29, 0.717) is 18.5 Å². The highest BCUT2D eigenvalue weighted by atomic mass is 16.2. The van der Waals surface area contributed by atoms with E-state index >= 15 is 0 Å². The number of amides is 1. The number of nitrogens with zero attached hydrogens (tertiary/aromatic N) is 1. The maximum absolute atomic E-state index is 13.0. The topological polar surface area (TPSA) is 46.3 Å². The van der Waals surface area contributed by atoms with E-state index in [0.717, 1.165) is 32.2 Å². The predicted octanol–water partition coefficient (Wildman–Crippen LogP) is 3.42. The zero-order chi connectivity index (χ0) is 15.1. The molecule has 2 N–H and O–H groups in total. The predicted molar refractivity (Wildman–Crippen MR) is 83.0 cm³/mol. The van der Waals surface area contributed by atoms with Crippen LogP contribution in [-0.2, 0) is 4.79 Å². The van der Waals surface area contributed by atoms with Gasteiger partial charge < -0.3 is 10.6 Å². The average Bonchev–Trinajstić information content (AvgIpc) is 2.41. The van der Waals surface area contributed by atoms with Crippen LogP contribution in [0.4, 0.5) is 0 Å². The van der Waals surface area contributed by atoms with Crippen molar-refractivity contribution in [3.8, 4) is 0 Å². The van der Waals surface area contributed by atoms with Gasteiger partial charge in [-0.05, 0) is 31.6 Å². The third-order valence-electron chi connectivity index (χ3n) is 4.40. The molecule has 19 heavy (non-hydrogen) atoms. The van der Waals surface area contributed by atoms with E-state index in [4.69, 9.17) is 5.73 Å². The minimum absolute atomic E-state index is 0.266. The van der Waals surface area contributed by atoms with Gasteiger partial charge in [0.15, 0.2) is 0 Å². The Labute approximate surface area is 119 Å². The summed E-state index contributed by atoms with van der Waals surface area (Å²) in [7, 11) is 0. The quantitative estimate of drug-likeness (QED) is 0.698. The summed E-state index contributed by atoms with van der Waals surface area (Å²) in [6.07, 6.45) is 3.69. The molecule has 0 aliphatic rings. The van der Waals surface area contributed by atoms with Gasteiger partial charge in [0.1, 0.15) is 0 Å². The molecule has 0 aliphatic heterocycles. The third kappa shape index (κ3) is 4.48. The number of carbonyl (C=O) groups excluding carboxylic acids is 1. The lowest BCUT2D eigenvalue weighted by Crippen LogP contribution is -2.52. The highest BCUT2D eigenvalue weighted by molar-refractivity contribution is 5.83. The minimum Gasteiger partial charge on any atom is -0.339 e. The van der Waals surface area contributed by atoms with E-state index in [1.807, 2.05) is 0 Å². The van der Waals surface area contributed by atoms with Crippen LogP contribution in [0.25, 0.3) is 0 Å². The molecule has 0 unspecified atom stereocenters. The Bertz CT molecular complexity index is 247. The van der Waals surface area contributed by atoms with E-state index in [1.54, 1.807) is 0 Å². The van der Waals surface area contributed by atoms with Gasteiger partial charge >= 0.3 is 0 Å². The van der Waals surface area contributed by atoms with E-state index in [-0.39, 0.29) is 11.3 Å². The van der Waals surface area contributed by atoms with Crippen LogP contribution in [0.15, 0.2) is 0 Å². The van der Waals surface area contributed by atoms with Gasteiger partial charge in [0.25, 0.3) is 0 Å². The Kier molecular flexibility index (Phi) is 8.31. The van der Waals surface area contributed by atoms with Gasteiger partial charge in [0, 0.05) is 19.1 Å². The monoisotopic (exact) mass is 270 g/mol. The van der Waals surface area contributed by atoms with Crippen molar-refractivity contribution in [1.82, 2.24) is 4.90 Å². The van der Waals surface area contributed by atoms with Crippen LogP contribution in [0, 0.1) is 11.3 Å². The highest BCUT2D eigenvalue weighted by Crippen LogP contribution is 2.30. The molecule has 0 aromatic heterocycles. The van der Waals surface area contributed by atoms with Crippen LogP contribution >= 0.6 is 0 Å². The van der Waals surface area contributed by atoms with Gasteiger partial charge in [-0.15, -0.1) is 0 Å². The molecule has 0 spiro atoms. The summed E-state index contributed by atoms with van der Waals surface area (Å²) in [6, 6.07) is 0.346. The highest BCUT2D eigenvalue weighted by Gasteiger charge is 2.38. The Balaban J connectivity index is 5.28. The Hall–Kier alpha value is -0.570. The van der Waals surface area contributed by atoms with Crippen molar-refractivity contribution in [1.29, 1.82) is 0 Å². The van der Waals surface area contributed by atoms with Crippen molar-refractivity contribution in [2.45, 2.75) is 73.3 Å². The number of carbonyl (C=O) groups is 1. The largest absolute Gasteiger partial charge is 0.339 e. The molecule has 0 saturated carbocycles. The molecular weight excluding hydrogens is 236 g/mol. The number of hydrogen-bond acceptors (Lipinski definition) is 2. The van der Waals surface area contributed by atoms with Crippen LogP contribution in [0.5, 0.6) is 0 Å². The summed E-state index contributed by atoms with van der Waals surface area (Å²) in [5, 5.41) is 0. The Morgan fingerprint density at radius 1 is 1.11 bits per heavy atom. The number of hydrogen-bond donors (Lipinski definition) is 1. The van der Waals surface area contributed by atoms with Crippen molar-refractivity contribution >= 4 is 5.91 Å². The van der Waals surface area contributed by atoms with Crippen molar-refractivity contribution in [2.24, 2.45) is 17.1 Å². The van der Waals surface area contributed by atoms with Gasteiger partial charge in [-0.3, -0.25) is 4.79 Å². The van der Waals surface area contributed by atoms with Gasteiger partial charge in [-0.1, -0.05) is 41.5 Å². The lowest BCUT2D eigenvalue weighted by molar-refractivity contribution is -0.145. The molecule has 0 rings (SSSR count). The summed E-state index contributed by atoms with van der Waals surface area (Å²) in [6.45, 7) is 14.1. The first-order valence-corrected chi connectivity index (χ1v) is 7.93. The third-order valence-corrected chi connectivity index (χ3v) is 4.40. The van der Waals surface area contributed by atoms with E-state index in [1.165, 1.54) is 0 Å². The van der Waals surface area contributed by atoms with Gasteiger partial charge in [-0.2, -0.15) is 0 Å². The fourth-order valence-electron chi connectivity index (χ4n) is 2.75. The Morgan fingerprint density at radius 2 is 1.58 bits per heavy atom. The van der Waals surface area contributed by atoms with E-state index in [2.05, 4.69) is 46.4 Å². The maximum atomic E-state index is 13.0. The molecule has 0 radical (unpaired) electrons. The van der Waals surface area contributed by atoms with Gasteiger partial charge in [-0.25, -0.2) is 0 Å². The van der Waals surface area contributed by atoms with Gasteiger partial charge in [0.2, 0.25) is 5.91 Å². The summed E-state index contributed by atoms with van der Waals surface area (Å²) < 4.78 is 0. The molecule has 0 bridgehead atoms. The van der Waals surface area contributed by atoms with Crippen molar-refractivity contribution in [3.63, 3.8) is 0 Å². The molecule has 0 aliphatic carbocycles. The molecule has 114 valence electrons. The van der Waals surface area contributed by atoms with Gasteiger partial charge in [0.05, 0.1) is 5.41 Å². The molecule has 0 heterocycles. The zero-order valence-corrected chi connectivity index (χ0v) is 13.8. The van der Waals surface area contributed by atoms with Crippen molar-refractivity contribution < 1.29 is 4.79 Å². The molecule has 0 aromatic carbocycles. The number of rotatable bonds is 9. The molecule has 3 nitrogen and oxygen atoms in total. The molecule has 0 saturated heterocycles. The van der Waals surface area contributed by atoms with Crippen LogP contribution in [0.3, 0.4) is 0 Å². The Morgan fingerprint density at radius 3 is 1.84 bits per heavy atom. The van der Waals surface area contributed by atoms with E-state index < -0.39 is 0 Å². The smallest absolute Gasteiger partial charge is 0.230 e. The normalized spacial score (nSPS) is 12.3. The standard InChI is InChI=1S/C16H34N2O/c1-7-14(8-2)18(11-13(5)6)15(19)16(9-3,10-4)12-17/h13-14H,7-12,17H2,1-6H3. The average molecular weight is 270 g/mol. The molecule has 3 heteroatoms. The summed E-state index contributed by atoms with van der Waals surface area (Å²) in [5.74, 6) is 0.760. The second-order valence-corrected chi connectivity index (χ2v) is 6.01. The van der Waals surface area contributed by atoms with Crippen LogP contribution in [0.1, 0.15) is 67.2 Å². The first kappa shape index (κ1) is 18.4. The summed E-state index contributed by atoms with van der Waals surface area (Å²) in [5.41, 5.74) is 5.57. The maximum Gasteiger partial charge on any atom is 0.230 e. The summed E-state index contributed by atoms with van der Waals surface area (Å²) in [4.78, 5) is 15.1. The second-order valence-electron chi connectivity index (χ2n) is 6.01. The van der Waals surface area contributed by atoms with E-state index in [9.17, 15) is 4.79 Å². The SMILES string of the molecule is CCC(CC)N(CC(C)C)C(=O)C(CC)(CC)CN. The van der Waals surface area contributed by atoms with Crippen molar-refractivity contribution in [3.05, 3.63) is 0 Å². The second kappa shape index (κ2) is 8.57. The van der Waals surface area contributed by atoms with Crippen LogP contribution < -0.4 is 5.73 Å². The number of nitrogens with two attached hydrogens (primary N) is 1. The zero-order valence-electron chi connectivity index (χ0n) is 13.8. The fourth-order valence-corrected chi connectivity index (χ4v) is 2.75. The fraction of sp³-hybridized carbons (Fsp3) is 0.938. The van der Waals surface area contributed by atoms with Crippen molar-refractivity contribution in [2.75, 3.05) is 13.1 Å². The first-order chi connectivity index (χ1) is 8.92. The first-order valence-electron chi connectivity index (χ1n) is 7.93. The lowest BCUT2D eigenvalue weighted by Gasteiger charge is -2.40. The summed E-state index contributed by atoms with van der Waals surface area (Å²) >= 11 is 0. The molecule has 0 fully saturated rings. The van der Waals surface area contributed by atoms with Crippen LogP contribution in [0.2, 0.25) is 0 Å². The molecular formula is C16H34N2O. The lowest BCUT2D eigenvalue weighted by atomic mass is 9.80. The molecule has 0 atom stereocenters.